The molecule has 118 valence electrons. The SMILES string of the molecule is C(CNCCN1CSCSC1)NCCN1CSCSC1. The predicted octanol–water partition coefficient (Wildman–Crippen LogP) is 1.47. The predicted molar refractivity (Wildman–Crippen MR) is 98.7 cm³/mol. The molecule has 0 spiro atoms. The summed E-state index contributed by atoms with van der Waals surface area (Å²) >= 11 is 8.13. The Morgan fingerprint density at radius 3 is 1.40 bits per heavy atom. The molecule has 0 atom stereocenters. The van der Waals surface area contributed by atoms with Crippen molar-refractivity contribution in [1.82, 2.24) is 20.4 Å². The minimum atomic E-state index is 1.08. The van der Waals surface area contributed by atoms with E-state index in [-0.39, 0.29) is 0 Å². The molecular formula is C12H26N4S4. The molecular weight excluding hydrogens is 328 g/mol. The van der Waals surface area contributed by atoms with Crippen molar-refractivity contribution in [2.24, 2.45) is 0 Å². The number of rotatable bonds is 9. The molecule has 0 aliphatic carbocycles. The van der Waals surface area contributed by atoms with E-state index < -0.39 is 0 Å². The lowest BCUT2D eigenvalue weighted by atomic mass is 10.5. The summed E-state index contributed by atoms with van der Waals surface area (Å²) in [6, 6.07) is 0. The Bertz CT molecular complexity index is 211. The summed E-state index contributed by atoms with van der Waals surface area (Å²) in [6.07, 6.45) is 0. The average molecular weight is 355 g/mol. The fraction of sp³-hybridized carbons (Fsp3) is 1.00. The van der Waals surface area contributed by atoms with E-state index in [9.17, 15) is 0 Å². The molecule has 4 nitrogen and oxygen atoms in total. The van der Waals surface area contributed by atoms with Crippen molar-refractivity contribution in [3.8, 4) is 0 Å². The van der Waals surface area contributed by atoms with Crippen LogP contribution in [0, 0.1) is 0 Å². The fourth-order valence-electron chi connectivity index (χ4n) is 2.02. The van der Waals surface area contributed by atoms with Gasteiger partial charge in [0.2, 0.25) is 0 Å². The van der Waals surface area contributed by atoms with E-state index in [4.69, 9.17) is 0 Å². The first-order valence-corrected chi connectivity index (χ1v) is 11.7. The van der Waals surface area contributed by atoms with Crippen LogP contribution in [0.4, 0.5) is 0 Å². The van der Waals surface area contributed by atoms with Crippen molar-refractivity contribution in [3.63, 3.8) is 0 Å². The van der Waals surface area contributed by atoms with Crippen LogP contribution in [0.2, 0.25) is 0 Å². The molecule has 0 aromatic heterocycles. The molecule has 2 N–H and O–H groups in total. The van der Waals surface area contributed by atoms with E-state index >= 15 is 0 Å². The molecule has 0 radical (unpaired) electrons. The van der Waals surface area contributed by atoms with E-state index in [1.807, 2.05) is 47.0 Å². The molecule has 8 heteroatoms. The highest BCUT2D eigenvalue weighted by Crippen LogP contribution is 2.21. The lowest BCUT2D eigenvalue weighted by molar-refractivity contribution is 0.362. The van der Waals surface area contributed by atoms with Crippen LogP contribution in [-0.2, 0) is 0 Å². The number of hydrogen-bond acceptors (Lipinski definition) is 8. The smallest absolute Gasteiger partial charge is 0.0461 e. The Hall–Kier alpha value is 1.24. The minimum absolute atomic E-state index is 1.08. The third kappa shape index (κ3) is 8.03. The van der Waals surface area contributed by atoms with Crippen LogP contribution in [0.15, 0.2) is 0 Å². The van der Waals surface area contributed by atoms with Crippen LogP contribution in [0.5, 0.6) is 0 Å². The first-order chi connectivity index (χ1) is 9.95. The van der Waals surface area contributed by atoms with Crippen molar-refractivity contribution in [2.45, 2.75) is 0 Å². The zero-order chi connectivity index (χ0) is 13.9. The van der Waals surface area contributed by atoms with E-state index in [2.05, 4.69) is 20.4 Å². The van der Waals surface area contributed by atoms with E-state index in [0.29, 0.717) is 0 Å². The summed E-state index contributed by atoms with van der Waals surface area (Å²) in [7, 11) is 0. The van der Waals surface area contributed by atoms with Gasteiger partial charge in [0.25, 0.3) is 0 Å². The quantitative estimate of drug-likeness (QED) is 0.602. The maximum Gasteiger partial charge on any atom is 0.0461 e. The van der Waals surface area contributed by atoms with Crippen LogP contribution in [0.25, 0.3) is 0 Å². The second-order valence-corrected chi connectivity index (χ2v) is 9.41. The Morgan fingerprint density at radius 2 is 1.00 bits per heavy atom. The van der Waals surface area contributed by atoms with Gasteiger partial charge < -0.3 is 10.6 Å². The molecule has 0 amide bonds. The molecule has 2 rings (SSSR count). The van der Waals surface area contributed by atoms with Gasteiger partial charge in [-0.25, -0.2) is 0 Å². The molecule has 2 fully saturated rings. The van der Waals surface area contributed by atoms with E-state index in [0.717, 1.165) is 26.2 Å². The standard InChI is InChI=1S/C12H26N4S4/c1(13-3-5-15-7-17-11-18-8-15)2-14-4-6-16-9-19-12-20-10-16/h13-14H,1-12H2. The molecule has 2 aliphatic heterocycles. The normalized spacial score (nSPS) is 22.2. The van der Waals surface area contributed by atoms with Gasteiger partial charge in [-0.05, 0) is 0 Å². The zero-order valence-electron chi connectivity index (χ0n) is 12.0. The molecule has 0 aromatic carbocycles. The van der Waals surface area contributed by atoms with Crippen molar-refractivity contribution in [2.75, 3.05) is 72.9 Å². The highest BCUT2D eigenvalue weighted by molar-refractivity contribution is 8.16. The third-order valence-corrected chi connectivity index (χ3v) is 7.97. The van der Waals surface area contributed by atoms with Gasteiger partial charge in [0.1, 0.15) is 0 Å². The van der Waals surface area contributed by atoms with Crippen LogP contribution < -0.4 is 10.6 Å². The summed E-state index contributed by atoms with van der Waals surface area (Å²) in [5.74, 6) is 4.83. The van der Waals surface area contributed by atoms with Gasteiger partial charge in [-0.15, -0.1) is 47.0 Å². The average Bonchev–Trinajstić information content (AvgIpc) is 2.52. The topological polar surface area (TPSA) is 30.5 Å². The van der Waals surface area contributed by atoms with Gasteiger partial charge in [0.05, 0.1) is 0 Å². The summed E-state index contributed by atoms with van der Waals surface area (Å²) in [6.45, 7) is 6.75. The van der Waals surface area contributed by atoms with Gasteiger partial charge in [0.15, 0.2) is 0 Å². The van der Waals surface area contributed by atoms with Crippen molar-refractivity contribution >= 4 is 47.0 Å². The molecule has 2 saturated heterocycles. The maximum absolute atomic E-state index is 3.53. The number of hydrogen-bond donors (Lipinski definition) is 2. The van der Waals surface area contributed by atoms with Gasteiger partial charge >= 0.3 is 0 Å². The second-order valence-electron chi connectivity index (χ2n) is 4.86. The number of thioether (sulfide) groups is 4. The van der Waals surface area contributed by atoms with Gasteiger partial charge in [0, 0.05) is 72.9 Å². The van der Waals surface area contributed by atoms with Crippen molar-refractivity contribution in [1.29, 1.82) is 0 Å². The lowest BCUT2D eigenvalue weighted by Gasteiger charge is -2.26. The second kappa shape index (κ2) is 11.8. The van der Waals surface area contributed by atoms with E-state index in [1.54, 1.807) is 0 Å². The summed E-state index contributed by atoms with van der Waals surface area (Å²) in [5.41, 5.74) is 0. The van der Waals surface area contributed by atoms with Gasteiger partial charge in [-0.2, -0.15) is 0 Å². The Labute approximate surface area is 140 Å². The number of nitrogens with one attached hydrogen (secondary N) is 2. The van der Waals surface area contributed by atoms with Crippen molar-refractivity contribution in [3.05, 3.63) is 0 Å². The Kier molecular flexibility index (Phi) is 10.3. The largest absolute Gasteiger partial charge is 0.314 e. The maximum atomic E-state index is 3.53. The van der Waals surface area contributed by atoms with Crippen molar-refractivity contribution < 1.29 is 0 Å². The first kappa shape index (κ1) is 17.6. The van der Waals surface area contributed by atoms with Crippen LogP contribution in [0.3, 0.4) is 0 Å². The Morgan fingerprint density at radius 1 is 0.600 bits per heavy atom. The lowest BCUT2D eigenvalue weighted by Crippen LogP contribution is -2.38. The molecule has 20 heavy (non-hydrogen) atoms. The van der Waals surface area contributed by atoms with Gasteiger partial charge in [-0.1, -0.05) is 0 Å². The molecule has 0 bridgehead atoms. The fourth-order valence-corrected chi connectivity index (χ4v) is 6.30. The summed E-state index contributed by atoms with van der Waals surface area (Å²) in [4.78, 5) is 5.04. The van der Waals surface area contributed by atoms with Crippen LogP contribution in [-0.4, -0.2) is 82.7 Å². The molecule has 2 aliphatic rings. The zero-order valence-corrected chi connectivity index (χ0v) is 15.3. The van der Waals surface area contributed by atoms with E-state index in [1.165, 1.54) is 46.8 Å². The highest BCUT2D eigenvalue weighted by atomic mass is 32.2. The molecule has 2 heterocycles. The minimum Gasteiger partial charge on any atom is -0.314 e. The van der Waals surface area contributed by atoms with Crippen LogP contribution in [0.1, 0.15) is 0 Å². The third-order valence-electron chi connectivity index (χ3n) is 3.12. The molecule has 0 aromatic rings. The summed E-state index contributed by atoms with van der Waals surface area (Å²) in [5, 5.41) is 9.58. The summed E-state index contributed by atoms with van der Waals surface area (Å²) < 4.78 is 0. The van der Waals surface area contributed by atoms with Crippen LogP contribution >= 0.6 is 47.0 Å². The first-order valence-electron chi connectivity index (χ1n) is 7.12. The number of nitrogens with zero attached hydrogens (tertiary/aromatic N) is 2. The molecule has 0 unspecified atom stereocenters. The Balaban J connectivity index is 1.33. The molecule has 0 saturated carbocycles. The highest BCUT2D eigenvalue weighted by Gasteiger charge is 2.10. The monoisotopic (exact) mass is 354 g/mol. The van der Waals surface area contributed by atoms with Gasteiger partial charge in [-0.3, -0.25) is 9.80 Å².